The first-order valence-corrected chi connectivity index (χ1v) is 10.3. The average Bonchev–Trinajstić information content (AvgIpc) is 2.74. The lowest BCUT2D eigenvalue weighted by Crippen LogP contribution is -2.36. The lowest BCUT2D eigenvalue weighted by atomic mass is 9.75. The number of Topliss-reactive ketones (excluding diaryl/α,β-unsaturated/α-hetero) is 1. The molecule has 2 aliphatic rings. The van der Waals surface area contributed by atoms with Crippen molar-refractivity contribution in [1.29, 1.82) is 0 Å². The molecule has 0 unspecified atom stereocenters. The molecule has 0 fully saturated rings. The number of allylic oxidation sites excluding steroid dienone is 3. The van der Waals surface area contributed by atoms with Crippen LogP contribution in [0.2, 0.25) is 0 Å². The van der Waals surface area contributed by atoms with Crippen molar-refractivity contribution in [3.63, 3.8) is 0 Å². The summed E-state index contributed by atoms with van der Waals surface area (Å²) in [4.78, 5) is 39.5. The number of nitrogens with one attached hydrogen (secondary N) is 1. The van der Waals surface area contributed by atoms with Crippen molar-refractivity contribution in [2.75, 3.05) is 20.3 Å². The zero-order valence-corrected chi connectivity index (χ0v) is 17.9. The minimum Gasteiger partial charge on any atom is -0.464 e. The summed E-state index contributed by atoms with van der Waals surface area (Å²) in [7, 11) is 1.52. The number of methoxy groups -OCH3 is 1. The van der Waals surface area contributed by atoms with Crippen LogP contribution in [0.3, 0.4) is 0 Å². The van der Waals surface area contributed by atoms with Gasteiger partial charge in [-0.1, -0.05) is 11.6 Å². The van der Waals surface area contributed by atoms with Crippen LogP contribution in [0.1, 0.15) is 43.2 Å². The van der Waals surface area contributed by atoms with Gasteiger partial charge in [-0.2, -0.15) is 0 Å². The molecule has 0 bridgehead atoms. The summed E-state index contributed by atoms with van der Waals surface area (Å²) in [5.41, 5.74) is 3.43. The van der Waals surface area contributed by atoms with E-state index in [1.54, 1.807) is 19.1 Å². The highest BCUT2D eigenvalue weighted by Gasteiger charge is 2.40. The van der Waals surface area contributed by atoms with Crippen molar-refractivity contribution < 1.29 is 23.5 Å². The number of hydrogen-bond acceptors (Lipinski definition) is 7. The number of dihydropyridines is 1. The van der Waals surface area contributed by atoms with E-state index in [1.807, 2.05) is 13.0 Å². The Labute approximate surface area is 179 Å². The van der Waals surface area contributed by atoms with E-state index in [9.17, 15) is 14.4 Å². The van der Waals surface area contributed by atoms with Gasteiger partial charge in [0.25, 0.3) is 0 Å². The highest BCUT2D eigenvalue weighted by molar-refractivity contribution is 6.04. The molecule has 1 aliphatic carbocycles. The lowest BCUT2D eigenvalue weighted by Gasteiger charge is -2.33. The van der Waals surface area contributed by atoms with Crippen LogP contribution in [0.5, 0.6) is 0 Å². The van der Waals surface area contributed by atoms with Gasteiger partial charge in [0.15, 0.2) is 11.2 Å². The fourth-order valence-electron chi connectivity index (χ4n) is 4.32. The van der Waals surface area contributed by atoms with Crippen LogP contribution in [0.4, 0.5) is 0 Å². The molecule has 1 aliphatic heterocycles. The van der Waals surface area contributed by atoms with Crippen LogP contribution >= 0.6 is 0 Å². The molecule has 2 heterocycles. The normalized spacial score (nSPS) is 18.8. The van der Waals surface area contributed by atoms with Crippen LogP contribution in [-0.4, -0.2) is 32.1 Å². The Kier molecular flexibility index (Phi) is 5.78. The third-order valence-corrected chi connectivity index (χ3v) is 5.78. The van der Waals surface area contributed by atoms with E-state index in [2.05, 4.69) is 5.32 Å². The molecular weight excluding hydrogens is 398 g/mol. The highest BCUT2D eigenvalue weighted by atomic mass is 16.6. The topological polar surface area (TPSA) is 94.8 Å². The van der Waals surface area contributed by atoms with Crippen LogP contribution in [0.15, 0.2) is 56.2 Å². The SMILES string of the molecule is COCCOC(=O)C1=C(C)NC2=C(C(=O)CCC2)[C@@H]1c1coc2ccc(C)cc2c1=O. The van der Waals surface area contributed by atoms with Crippen LogP contribution in [0.25, 0.3) is 11.0 Å². The maximum Gasteiger partial charge on any atom is 0.336 e. The largest absolute Gasteiger partial charge is 0.464 e. The van der Waals surface area contributed by atoms with Crippen LogP contribution in [0, 0.1) is 6.92 Å². The average molecular weight is 423 g/mol. The van der Waals surface area contributed by atoms with E-state index >= 15 is 0 Å². The van der Waals surface area contributed by atoms with Crippen LogP contribution in [-0.2, 0) is 19.1 Å². The molecule has 4 rings (SSSR count). The van der Waals surface area contributed by atoms with Gasteiger partial charge in [-0.05, 0) is 38.8 Å². The molecule has 162 valence electrons. The van der Waals surface area contributed by atoms with Gasteiger partial charge in [0, 0.05) is 36.1 Å². The summed E-state index contributed by atoms with van der Waals surface area (Å²) in [5.74, 6) is -1.49. The second-order valence-corrected chi connectivity index (χ2v) is 7.91. The lowest BCUT2D eigenvalue weighted by molar-refractivity contribution is -0.140. The van der Waals surface area contributed by atoms with Crippen molar-refractivity contribution in [3.05, 3.63) is 68.4 Å². The second kappa shape index (κ2) is 8.51. The Morgan fingerprint density at radius 1 is 1.19 bits per heavy atom. The maximum absolute atomic E-state index is 13.5. The molecule has 0 saturated heterocycles. The van der Waals surface area contributed by atoms with Gasteiger partial charge in [-0.3, -0.25) is 9.59 Å². The Morgan fingerprint density at radius 2 is 2.00 bits per heavy atom. The number of benzene rings is 1. The predicted octanol–water partition coefficient (Wildman–Crippen LogP) is 3.26. The smallest absolute Gasteiger partial charge is 0.336 e. The zero-order valence-electron chi connectivity index (χ0n) is 17.9. The van der Waals surface area contributed by atoms with Gasteiger partial charge in [0.05, 0.1) is 29.7 Å². The predicted molar refractivity (Wildman–Crippen MR) is 115 cm³/mol. The Morgan fingerprint density at radius 3 is 2.77 bits per heavy atom. The number of hydrogen-bond donors (Lipinski definition) is 1. The van der Waals surface area contributed by atoms with Gasteiger partial charge in [-0.15, -0.1) is 0 Å². The van der Waals surface area contributed by atoms with Crippen molar-refractivity contribution >= 4 is 22.7 Å². The molecule has 0 radical (unpaired) electrons. The maximum atomic E-state index is 13.5. The Bertz CT molecular complexity index is 1190. The van der Waals surface area contributed by atoms with Crippen LogP contribution < -0.4 is 10.7 Å². The molecule has 2 aromatic rings. The number of ether oxygens (including phenoxy) is 2. The monoisotopic (exact) mass is 423 g/mol. The molecule has 1 N–H and O–H groups in total. The third-order valence-electron chi connectivity index (χ3n) is 5.78. The van der Waals surface area contributed by atoms with Crippen molar-refractivity contribution in [2.45, 2.75) is 39.0 Å². The van der Waals surface area contributed by atoms with Crippen molar-refractivity contribution in [2.24, 2.45) is 0 Å². The molecule has 7 nitrogen and oxygen atoms in total. The van der Waals surface area contributed by atoms with Gasteiger partial charge < -0.3 is 19.2 Å². The van der Waals surface area contributed by atoms with Crippen molar-refractivity contribution in [3.8, 4) is 0 Å². The number of carbonyl (C=O) groups excluding carboxylic acids is 2. The third kappa shape index (κ3) is 3.81. The van der Waals surface area contributed by atoms with Gasteiger partial charge in [0.2, 0.25) is 0 Å². The van der Waals surface area contributed by atoms with Gasteiger partial charge in [-0.25, -0.2) is 4.79 Å². The standard InChI is InChI=1S/C24H25NO6/c1-13-7-8-19-15(11-13)23(27)16(12-31-19)21-20(24(28)30-10-9-29-3)14(2)25-17-5-4-6-18(26)22(17)21/h7-8,11-12,21,25H,4-6,9-10H2,1-3H3/t21-/m1/s1. The number of aryl methyl sites for hydroxylation is 1. The summed E-state index contributed by atoms with van der Waals surface area (Å²) < 4.78 is 16.1. The molecular formula is C24H25NO6. The fraction of sp³-hybridized carbons (Fsp3) is 0.375. The molecule has 0 amide bonds. The van der Waals surface area contributed by atoms with E-state index in [1.165, 1.54) is 13.4 Å². The molecule has 1 aromatic heterocycles. The second-order valence-electron chi connectivity index (χ2n) is 7.91. The molecule has 0 saturated carbocycles. The highest BCUT2D eigenvalue weighted by Crippen LogP contribution is 2.41. The molecule has 31 heavy (non-hydrogen) atoms. The minimum absolute atomic E-state index is 0.0721. The van der Waals surface area contributed by atoms with E-state index in [0.29, 0.717) is 35.1 Å². The first-order chi connectivity index (χ1) is 14.9. The van der Waals surface area contributed by atoms with Gasteiger partial charge in [0.1, 0.15) is 12.2 Å². The molecule has 0 spiro atoms. The number of rotatable bonds is 5. The van der Waals surface area contributed by atoms with E-state index in [0.717, 1.165) is 17.7 Å². The van der Waals surface area contributed by atoms with Gasteiger partial charge >= 0.3 is 5.97 Å². The first kappa shape index (κ1) is 21.1. The first-order valence-electron chi connectivity index (χ1n) is 10.3. The van der Waals surface area contributed by atoms with E-state index < -0.39 is 11.9 Å². The molecule has 1 aromatic carbocycles. The van der Waals surface area contributed by atoms with E-state index in [4.69, 9.17) is 13.9 Å². The number of ketones is 1. The molecule has 1 atom stereocenters. The Hall–Kier alpha value is -3.19. The Balaban J connectivity index is 1.90. The summed E-state index contributed by atoms with van der Waals surface area (Å²) in [6, 6.07) is 5.37. The number of fused-ring (bicyclic) bond motifs is 1. The zero-order chi connectivity index (χ0) is 22.1. The number of carbonyl (C=O) groups is 2. The summed E-state index contributed by atoms with van der Waals surface area (Å²) in [5, 5.41) is 3.63. The molecule has 7 heteroatoms. The minimum atomic E-state index is -0.833. The van der Waals surface area contributed by atoms with E-state index in [-0.39, 0.29) is 35.6 Å². The quantitative estimate of drug-likeness (QED) is 0.583. The fourth-order valence-corrected chi connectivity index (χ4v) is 4.32. The van der Waals surface area contributed by atoms with Crippen molar-refractivity contribution in [1.82, 2.24) is 5.32 Å². The summed E-state index contributed by atoms with van der Waals surface area (Å²) in [6.45, 7) is 3.98. The summed E-state index contributed by atoms with van der Waals surface area (Å²) in [6.07, 6.45) is 3.15. The number of esters is 1. The summed E-state index contributed by atoms with van der Waals surface area (Å²) >= 11 is 0.